The summed E-state index contributed by atoms with van der Waals surface area (Å²) in [5.74, 6) is -0.294. The third-order valence-electron chi connectivity index (χ3n) is 7.18. The lowest BCUT2D eigenvalue weighted by molar-refractivity contribution is -0.139. The van der Waals surface area contributed by atoms with Gasteiger partial charge in [-0.15, -0.1) is 0 Å². The highest BCUT2D eigenvalue weighted by atomic mass is 19.1. The Labute approximate surface area is 176 Å². The van der Waals surface area contributed by atoms with Gasteiger partial charge in [0.25, 0.3) is 0 Å². The van der Waals surface area contributed by atoms with E-state index in [1.54, 1.807) is 12.1 Å². The van der Waals surface area contributed by atoms with Gasteiger partial charge in [0.1, 0.15) is 5.82 Å². The second-order valence-corrected chi connectivity index (χ2v) is 8.99. The third kappa shape index (κ3) is 3.73. The van der Waals surface area contributed by atoms with Gasteiger partial charge < -0.3 is 20.0 Å². The summed E-state index contributed by atoms with van der Waals surface area (Å²) in [6, 6.07) is 4.66. The van der Waals surface area contributed by atoms with E-state index < -0.39 is 17.3 Å². The van der Waals surface area contributed by atoms with Gasteiger partial charge in [-0.2, -0.15) is 0 Å². The number of rotatable bonds is 3. The van der Waals surface area contributed by atoms with Gasteiger partial charge in [0.15, 0.2) is 0 Å². The zero-order chi connectivity index (χ0) is 21.5. The SMILES string of the molecule is CN(C(=O)O)c1ccc(N2CCCC3(CCN([C@H]4CC[C@H](O)CC4)C3=O)C2)c(F)c1. The number of nitrogens with zero attached hydrogens (tertiary/aromatic N) is 3. The van der Waals surface area contributed by atoms with Crippen LogP contribution in [0.1, 0.15) is 44.9 Å². The lowest BCUT2D eigenvalue weighted by atomic mass is 9.78. The molecule has 2 N–H and O–H groups in total. The average molecular weight is 419 g/mol. The first-order valence-electron chi connectivity index (χ1n) is 10.8. The number of carboxylic acid groups (broad SMARTS) is 1. The number of piperidine rings is 1. The van der Waals surface area contributed by atoms with Crippen LogP contribution in [0, 0.1) is 11.2 Å². The molecule has 3 fully saturated rings. The molecule has 3 aliphatic rings. The van der Waals surface area contributed by atoms with Crippen LogP contribution in [0.5, 0.6) is 0 Å². The molecule has 1 aliphatic carbocycles. The van der Waals surface area contributed by atoms with Crippen LogP contribution in [-0.4, -0.2) is 65.9 Å². The summed E-state index contributed by atoms with van der Waals surface area (Å²) in [6.45, 7) is 1.90. The molecule has 1 saturated carbocycles. The fourth-order valence-corrected chi connectivity index (χ4v) is 5.35. The summed E-state index contributed by atoms with van der Waals surface area (Å²) in [5, 5.41) is 18.9. The van der Waals surface area contributed by atoms with E-state index in [0.717, 1.165) is 56.4 Å². The predicted molar refractivity (Wildman–Crippen MR) is 111 cm³/mol. The van der Waals surface area contributed by atoms with Crippen molar-refractivity contribution in [3.63, 3.8) is 0 Å². The maximum atomic E-state index is 14.9. The highest BCUT2D eigenvalue weighted by Crippen LogP contribution is 2.44. The van der Waals surface area contributed by atoms with Crippen LogP contribution in [0.15, 0.2) is 18.2 Å². The molecule has 7 nitrogen and oxygen atoms in total. The minimum absolute atomic E-state index is 0.177. The topological polar surface area (TPSA) is 84.3 Å². The van der Waals surface area contributed by atoms with Crippen molar-refractivity contribution in [2.45, 2.75) is 57.1 Å². The molecule has 0 aromatic heterocycles. The minimum Gasteiger partial charge on any atom is -0.465 e. The Morgan fingerprint density at radius 3 is 2.60 bits per heavy atom. The smallest absolute Gasteiger partial charge is 0.411 e. The molecule has 2 saturated heterocycles. The lowest BCUT2D eigenvalue weighted by Crippen LogP contribution is -2.50. The van der Waals surface area contributed by atoms with Gasteiger partial charge in [-0.25, -0.2) is 9.18 Å². The molecule has 1 aromatic carbocycles. The van der Waals surface area contributed by atoms with Crippen molar-refractivity contribution in [1.29, 1.82) is 0 Å². The van der Waals surface area contributed by atoms with Crippen molar-refractivity contribution in [2.75, 3.05) is 36.5 Å². The number of halogens is 1. The number of hydrogen-bond donors (Lipinski definition) is 2. The Hall–Kier alpha value is -2.35. The van der Waals surface area contributed by atoms with Gasteiger partial charge in [0.05, 0.1) is 17.2 Å². The van der Waals surface area contributed by atoms with Crippen LogP contribution < -0.4 is 9.80 Å². The van der Waals surface area contributed by atoms with Crippen molar-refractivity contribution in [3.8, 4) is 0 Å². The minimum atomic E-state index is -1.15. The number of benzene rings is 1. The van der Waals surface area contributed by atoms with Gasteiger partial charge in [-0.05, 0) is 63.1 Å². The summed E-state index contributed by atoms with van der Waals surface area (Å²) < 4.78 is 14.9. The standard InChI is InChI=1S/C22H30FN3O4/c1-24(21(29)30)16-5-8-19(18(23)13-16)25-11-2-9-22(14-25)10-12-26(20(22)28)15-3-6-17(27)7-4-15/h5,8,13,15,17,27H,2-4,6-7,9-12,14H2,1H3,(H,29,30)/t15-,17-,22?. The number of aliphatic hydroxyl groups excluding tert-OH is 1. The molecule has 2 amide bonds. The number of anilines is 2. The van der Waals surface area contributed by atoms with Gasteiger partial charge in [-0.3, -0.25) is 9.69 Å². The highest BCUT2D eigenvalue weighted by Gasteiger charge is 2.50. The molecule has 1 atom stereocenters. The third-order valence-corrected chi connectivity index (χ3v) is 7.18. The Morgan fingerprint density at radius 1 is 1.20 bits per heavy atom. The van der Waals surface area contributed by atoms with Crippen LogP contribution in [-0.2, 0) is 4.79 Å². The molecule has 1 unspecified atom stereocenters. The van der Waals surface area contributed by atoms with Crippen molar-refractivity contribution >= 4 is 23.4 Å². The molecule has 8 heteroatoms. The molecule has 4 rings (SSSR count). The Kier molecular flexibility index (Phi) is 5.61. The second-order valence-electron chi connectivity index (χ2n) is 8.99. The van der Waals surface area contributed by atoms with Crippen LogP contribution in [0.3, 0.4) is 0 Å². The summed E-state index contributed by atoms with van der Waals surface area (Å²) >= 11 is 0. The fraction of sp³-hybridized carbons (Fsp3) is 0.636. The van der Waals surface area contributed by atoms with E-state index in [1.165, 1.54) is 13.1 Å². The molecule has 0 bridgehead atoms. The van der Waals surface area contributed by atoms with E-state index in [2.05, 4.69) is 0 Å². The summed E-state index contributed by atoms with van der Waals surface area (Å²) in [6.07, 6.45) is 4.21. The number of likely N-dealkylation sites (tertiary alicyclic amines) is 1. The Bertz CT molecular complexity index is 827. The van der Waals surface area contributed by atoms with Crippen molar-refractivity contribution < 1.29 is 24.2 Å². The Balaban J connectivity index is 1.49. The number of aliphatic hydroxyl groups is 1. The molecule has 1 aromatic rings. The Morgan fingerprint density at radius 2 is 1.93 bits per heavy atom. The van der Waals surface area contributed by atoms with Crippen LogP contribution >= 0.6 is 0 Å². The molecule has 30 heavy (non-hydrogen) atoms. The largest absolute Gasteiger partial charge is 0.465 e. The zero-order valence-electron chi connectivity index (χ0n) is 17.4. The molecule has 2 aliphatic heterocycles. The first-order chi connectivity index (χ1) is 14.3. The van der Waals surface area contributed by atoms with Crippen LogP contribution in [0.4, 0.5) is 20.6 Å². The zero-order valence-corrected chi connectivity index (χ0v) is 17.4. The average Bonchev–Trinajstić information content (AvgIpc) is 3.03. The van der Waals surface area contributed by atoms with Gasteiger partial charge in [0.2, 0.25) is 5.91 Å². The lowest BCUT2D eigenvalue weighted by Gasteiger charge is -2.41. The van der Waals surface area contributed by atoms with E-state index in [4.69, 9.17) is 5.11 Å². The van der Waals surface area contributed by atoms with Gasteiger partial charge >= 0.3 is 6.09 Å². The van der Waals surface area contributed by atoms with Crippen molar-refractivity contribution in [3.05, 3.63) is 24.0 Å². The van der Waals surface area contributed by atoms with Crippen LogP contribution in [0.2, 0.25) is 0 Å². The summed E-state index contributed by atoms with van der Waals surface area (Å²) in [5.41, 5.74) is 0.221. The maximum Gasteiger partial charge on any atom is 0.411 e. The number of carbonyl (C=O) groups is 2. The quantitative estimate of drug-likeness (QED) is 0.787. The molecule has 2 heterocycles. The van der Waals surface area contributed by atoms with E-state index in [9.17, 15) is 19.1 Å². The molecular weight excluding hydrogens is 389 g/mol. The fourth-order valence-electron chi connectivity index (χ4n) is 5.35. The van der Waals surface area contributed by atoms with Crippen LogP contribution in [0.25, 0.3) is 0 Å². The van der Waals surface area contributed by atoms with Gasteiger partial charge in [-0.1, -0.05) is 0 Å². The number of hydrogen-bond acceptors (Lipinski definition) is 4. The second kappa shape index (κ2) is 8.06. The monoisotopic (exact) mass is 419 g/mol. The first kappa shape index (κ1) is 20.9. The summed E-state index contributed by atoms with van der Waals surface area (Å²) in [4.78, 5) is 29.5. The summed E-state index contributed by atoms with van der Waals surface area (Å²) in [7, 11) is 1.38. The van der Waals surface area contributed by atoms with E-state index in [-0.39, 0.29) is 23.7 Å². The molecule has 164 valence electrons. The number of carbonyl (C=O) groups excluding carboxylic acids is 1. The molecule has 1 spiro atoms. The highest BCUT2D eigenvalue weighted by molar-refractivity contribution is 5.87. The molecular formula is C22H30FN3O4. The number of amides is 2. The van der Waals surface area contributed by atoms with E-state index >= 15 is 0 Å². The normalized spacial score (nSPS) is 29.5. The van der Waals surface area contributed by atoms with Crippen molar-refractivity contribution in [2.24, 2.45) is 5.41 Å². The maximum absolute atomic E-state index is 14.9. The first-order valence-corrected chi connectivity index (χ1v) is 10.8. The van der Waals surface area contributed by atoms with E-state index in [1.807, 2.05) is 9.80 Å². The van der Waals surface area contributed by atoms with Gasteiger partial charge in [0, 0.05) is 38.4 Å². The predicted octanol–water partition coefficient (Wildman–Crippen LogP) is 3.06. The van der Waals surface area contributed by atoms with Crippen molar-refractivity contribution in [1.82, 2.24) is 4.90 Å². The molecule has 0 radical (unpaired) electrons. The van der Waals surface area contributed by atoms with E-state index in [0.29, 0.717) is 18.8 Å².